The number of hydrogen-bond acceptors (Lipinski definition) is 3. The van der Waals surface area contributed by atoms with Gasteiger partial charge in [0, 0.05) is 5.69 Å². The first-order valence-corrected chi connectivity index (χ1v) is 11.1. The average Bonchev–Trinajstić information content (AvgIpc) is 2.72. The van der Waals surface area contributed by atoms with Crippen LogP contribution in [0, 0.1) is 6.92 Å². The molecular formula is C22H18ClF3N2O3S. The number of sulfonamides is 1. The molecule has 3 rings (SSSR count). The van der Waals surface area contributed by atoms with Gasteiger partial charge in [0.25, 0.3) is 10.0 Å². The van der Waals surface area contributed by atoms with E-state index in [1.54, 1.807) is 31.2 Å². The first-order valence-electron chi connectivity index (χ1n) is 9.29. The monoisotopic (exact) mass is 482 g/mol. The number of halogens is 4. The lowest BCUT2D eigenvalue weighted by molar-refractivity contribution is -0.137. The number of aryl methyl sites for hydroxylation is 1. The van der Waals surface area contributed by atoms with Gasteiger partial charge in [-0.05, 0) is 49.4 Å². The van der Waals surface area contributed by atoms with E-state index in [0.29, 0.717) is 0 Å². The third kappa shape index (κ3) is 5.41. The Bertz CT molecular complexity index is 1230. The number of nitrogens with one attached hydrogen (secondary N) is 1. The highest BCUT2D eigenvalue weighted by atomic mass is 35.5. The summed E-state index contributed by atoms with van der Waals surface area (Å²) < 4.78 is 66.3. The zero-order chi connectivity index (χ0) is 23.5. The molecule has 0 aromatic heterocycles. The van der Waals surface area contributed by atoms with Crippen molar-refractivity contribution < 1.29 is 26.4 Å². The smallest absolute Gasteiger partial charge is 0.325 e. The molecule has 1 N–H and O–H groups in total. The standard InChI is InChI=1S/C22H18ClF3N2O3S/c1-15-9-11-18(12-10-15)32(30,31)28(20-8-3-2-7-19(20)23)14-21(29)27-17-6-4-5-16(13-17)22(24,25)26/h2-13H,14H2,1H3,(H,27,29). The normalized spacial score (nSPS) is 11.8. The molecular weight excluding hydrogens is 465 g/mol. The van der Waals surface area contributed by atoms with E-state index in [-0.39, 0.29) is 21.3 Å². The summed E-state index contributed by atoms with van der Waals surface area (Å²) in [6, 6.07) is 16.2. The fourth-order valence-corrected chi connectivity index (χ4v) is 4.62. The Hall–Kier alpha value is -3.04. The molecule has 1 amide bonds. The first kappa shape index (κ1) is 23.6. The van der Waals surface area contributed by atoms with E-state index in [1.807, 2.05) is 0 Å². The van der Waals surface area contributed by atoms with Crippen LogP contribution in [0.3, 0.4) is 0 Å². The van der Waals surface area contributed by atoms with Gasteiger partial charge >= 0.3 is 6.18 Å². The van der Waals surface area contributed by atoms with Gasteiger partial charge in [0.1, 0.15) is 6.54 Å². The van der Waals surface area contributed by atoms with Crippen LogP contribution in [0.2, 0.25) is 5.02 Å². The van der Waals surface area contributed by atoms with Crippen molar-refractivity contribution >= 4 is 38.9 Å². The van der Waals surface area contributed by atoms with Crippen LogP contribution in [0.25, 0.3) is 0 Å². The Kier molecular flexibility index (Phi) is 6.80. The van der Waals surface area contributed by atoms with Crippen LogP contribution in [0.5, 0.6) is 0 Å². The lowest BCUT2D eigenvalue weighted by Gasteiger charge is -2.25. The van der Waals surface area contributed by atoms with E-state index in [4.69, 9.17) is 11.6 Å². The molecule has 32 heavy (non-hydrogen) atoms. The second-order valence-corrected chi connectivity index (χ2v) is 9.17. The van der Waals surface area contributed by atoms with Gasteiger partial charge in [-0.25, -0.2) is 8.42 Å². The highest BCUT2D eigenvalue weighted by Gasteiger charge is 2.31. The van der Waals surface area contributed by atoms with Gasteiger partial charge in [-0.3, -0.25) is 9.10 Å². The second-order valence-electron chi connectivity index (χ2n) is 6.90. The van der Waals surface area contributed by atoms with E-state index >= 15 is 0 Å². The van der Waals surface area contributed by atoms with Crippen LogP contribution < -0.4 is 9.62 Å². The fourth-order valence-electron chi connectivity index (χ4n) is 2.90. The summed E-state index contributed by atoms with van der Waals surface area (Å²) in [6.07, 6.45) is -4.58. The van der Waals surface area contributed by atoms with Gasteiger partial charge < -0.3 is 5.32 Å². The Balaban J connectivity index is 1.94. The van der Waals surface area contributed by atoms with Crippen molar-refractivity contribution in [3.8, 4) is 0 Å². The molecule has 3 aromatic rings. The number of anilines is 2. The van der Waals surface area contributed by atoms with Crippen molar-refractivity contribution in [3.63, 3.8) is 0 Å². The predicted molar refractivity (Wildman–Crippen MR) is 117 cm³/mol. The number of benzene rings is 3. The highest BCUT2D eigenvalue weighted by Crippen LogP contribution is 2.32. The number of amides is 1. The molecule has 0 saturated carbocycles. The SMILES string of the molecule is Cc1ccc(S(=O)(=O)N(CC(=O)Nc2cccc(C(F)(F)F)c2)c2ccccc2Cl)cc1. The number of para-hydroxylation sites is 1. The zero-order valence-electron chi connectivity index (χ0n) is 16.7. The number of alkyl halides is 3. The average molecular weight is 483 g/mol. The minimum atomic E-state index is -4.58. The summed E-state index contributed by atoms with van der Waals surface area (Å²) >= 11 is 6.19. The van der Waals surface area contributed by atoms with Crippen molar-refractivity contribution in [3.05, 3.63) is 88.9 Å². The fraction of sp³-hybridized carbons (Fsp3) is 0.136. The Morgan fingerprint density at radius 3 is 2.28 bits per heavy atom. The van der Waals surface area contributed by atoms with Crippen molar-refractivity contribution in [2.24, 2.45) is 0 Å². The van der Waals surface area contributed by atoms with Gasteiger partial charge in [-0.1, -0.05) is 47.5 Å². The van der Waals surface area contributed by atoms with Crippen molar-refractivity contribution in [2.45, 2.75) is 18.0 Å². The zero-order valence-corrected chi connectivity index (χ0v) is 18.3. The molecule has 168 valence electrons. The quantitative estimate of drug-likeness (QED) is 0.504. The summed E-state index contributed by atoms with van der Waals surface area (Å²) in [5.41, 5.74) is -0.147. The molecule has 3 aromatic carbocycles. The lowest BCUT2D eigenvalue weighted by atomic mass is 10.2. The largest absolute Gasteiger partial charge is 0.416 e. The topological polar surface area (TPSA) is 66.5 Å². The van der Waals surface area contributed by atoms with Crippen molar-refractivity contribution in [1.29, 1.82) is 0 Å². The van der Waals surface area contributed by atoms with Gasteiger partial charge in [0.15, 0.2) is 0 Å². The molecule has 0 unspecified atom stereocenters. The molecule has 0 heterocycles. The van der Waals surface area contributed by atoms with Crippen LogP contribution in [0.1, 0.15) is 11.1 Å². The number of carbonyl (C=O) groups is 1. The van der Waals surface area contributed by atoms with E-state index < -0.39 is 34.2 Å². The predicted octanol–water partition coefficient (Wildman–Crippen LogP) is 5.50. The van der Waals surface area contributed by atoms with Crippen LogP contribution in [0.4, 0.5) is 24.5 Å². The molecule has 10 heteroatoms. The van der Waals surface area contributed by atoms with Crippen LogP contribution in [0.15, 0.2) is 77.7 Å². The molecule has 0 radical (unpaired) electrons. The number of carbonyl (C=O) groups excluding carboxylic acids is 1. The van der Waals surface area contributed by atoms with Crippen molar-refractivity contribution in [2.75, 3.05) is 16.2 Å². The molecule has 5 nitrogen and oxygen atoms in total. The number of rotatable bonds is 6. The summed E-state index contributed by atoms with van der Waals surface area (Å²) in [5, 5.41) is 2.41. The molecule has 0 fully saturated rings. The summed E-state index contributed by atoms with van der Waals surface area (Å²) in [6.45, 7) is 1.10. The maximum atomic E-state index is 13.3. The van der Waals surface area contributed by atoms with Gasteiger partial charge in [-0.2, -0.15) is 13.2 Å². The first-order chi connectivity index (χ1) is 15.0. The molecule has 0 bridgehead atoms. The number of hydrogen-bond donors (Lipinski definition) is 1. The Morgan fingerprint density at radius 1 is 1.00 bits per heavy atom. The lowest BCUT2D eigenvalue weighted by Crippen LogP contribution is -2.38. The Morgan fingerprint density at radius 2 is 1.66 bits per heavy atom. The summed E-state index contributed by atoms with van der Waals surface area (Å²) in [7, 11) is -4.20. The maximum Gasteiger partial charge on any atom is 0.416 e. The van der Waals surface area contributed by atoms with Crippen LogP contribution >= 0.6 is 11.6 Å². The van der Waals surface area contributed by atoms with E-state index in [2.05, 4.69) is 5.32 Å². The summed E-state index contributed by atoms with van der Waals surface area (Å²) in [5.74, 6) is -0.833. The third-order valence-electron chi connectivity index (χ3n) is 4.49. The molecule has 0 saturated heterocycles. The minimum Gasteiger partial charge on any atom is -0.325 e. The van der Waals surface area contributed by atoms with Gasteiger partial charge in [-0.15, -0.1) is 0 Å². The third-order valence-corrected chi connectivity index (χ3v) is 6.58. The highest BCUT2D eigenvalue weighted by molar-refractivity contribution is 7.92. The molecule has 0 aliphatic rings. The van der Waals surface area contributed by atoms with E-state index in [0.717, 1.165) is 28.1 Å². The van der Waals surface area contributed by atoms with E-state index in [9.17, 15) is 26.4 Å². The minimum absolute atomic E-state index is 0.0603. The van der Waals surface area contributed by atoms with Gasteiger partial charge in [0.2, 0.25) is 5.91 Å². The number of nitrogens with zero attached hydrogens (tertiary/aromatic N) is 1. The van der Waals surface area contributed by atoms with Crippen LogP contribution in [-0.4, -0.2) is 20.9 Å². The maximum absolute atomic E-state index is 13.3. The Labute approximate surface area is 188 Å². The summed E-state index contributed by atoms with van der Waals surface area (Å²) in [4.78, 5) is 12.6. The van der Waals surface area contributed by atoms with Gasteiger partial charge in [0.05, 0.1) is 21.2 Å². The van der Waals surface area contributed by atoms with E-state index in [1.165, 1.54) is 30.3 Å². The molecule has 0 aliphatic heterocycles. The van der Waals surface area contributed by atoms with Crippen molar-refractivity contribution in [1.82, 2.24) is 0 Å². The van der Waals surface area contributed by atoms with Crippen LogP contribution in [-0.2, 0) is 21.0 Å². The second kappa shape index (κ2) is 9.22. The molecule has 0 spiro atoms. The molecule has 0 aliphatic carbocycles. The molecule has 0 atom stereocenters.